The summed E-state index contributed by atoms with van der Waals surface area (Å²) in [6, 6.07) is 3.48. The molecule has 0 saturated heterocycles. The van der Waals surface area contributed by atoms with Crippen molar-refractivity contribution in [3.63, 3.8) is 0 Å². The molecular formula is C9H5BrF3O3-. The Labute approximate surface area is 97.0 Å². The summed E-state index contributed by atoms with van der Waals surface area (Å²) in [5.74, 6) is -8.04. The first kappa shape index (κ1) is 12.8. The molecule has 0 aliphatic heterocycles. The van der Waals surface area contributed by atoms with Crippen molar-refractivity contribution in [1.29, 1.82) is 0 Å². The van der Waals surface area contributed by atoms with Gasteiger partial charge in [-0.1, -0.05) is 15.9 Å². The summed E-state index contributed by atoms with van der Waals surface area (Å²) in [4.78, 5) is 9.94. The lowest BCUT2D eigenvalue weighted by Gasteiger charge is -2.17. The minimum atomic E-state index is -4.15. The van der Waals surface area contributed by atoms with Crippen LogP contribution in [0.15, 0.2) is 22.7 Å². The van der Waals surface area contributed by atoms with Crippen molar-refractivity contribution in [2.45, 2.75) is 5.92 Å². The molecule has 0 aliphatic carbocycles. The maximum absolute atomic E-state index is 13.1. The molecule has 1 aromatic rings. The van der Waals surface area contributed by atoms with E-state index in [1.54, 1.807) is 0 Å². The largest absolute Gasteiger partial charge is 0.544 e. The molecule has 0 bridgehead atoms. The van der Waals surface area contributed by atoms with Crippen LogP contribution in [0.4, 0.5) is 13.2 Å². The molecule has 7 heteroatoms. The van der Waals surface area contributed by atoms with Crippen LogP contribution < -0.4 is 9.84 Å². The van der Waals surface area contributed by atoms with Gasteiger partial charge in [-0.25, -0.2) is 4.39 Å². The maximum Gasteiger partial charge on any atom is 0.320 e. The van der Waals surface area contributed by atoms with Crippen molar-refractivity contribution in [3.8, 4) is 5.75 Å². The van der Waals surface area contributed by atoms with Crippen LogP contribution in [-0.4, -0.2) is 18.5 Å². The van der Waals surface area contributed by atoms with Crippen molar-refractivity contribution >= 4 is 21.9 Å². The summed E-state index contributed by atoms with van der Waals surface area (Å²) in [5.41, 5.74) is 0. The van der Waals surface area contributed by atoms with Gasteiger partial charge in [0.1, 0.15) is 5.97 Å². The van der Waals surface area contributed by atoms with E-state index in [2.05, 4.69) is 20.7 Å². The number of alkyl halides is 2. The second kappa shape index (κ2) is 4.73. The van der Waals surface area contributed by atoms with Crippen molar-refractivity contribution in [3.05, 3.63) is 28.5 Å². The minimum Gasteiger partial charge on any atom is -0.544 e. The summed E-state index contributed by atoms with van der Waals surface area (Å²) in [6.07, 6.45) is 0. The molecule has 0 saturated carbocycles. The van der Waals surface area contributed by atoms with E-state index >= 15 is 0 Å². The minimum absolute atomic E-state index is 0.406. The first-order chi connectivity index (χ1) is 7.33. The first-order valence-corrected chi connectivity index (χ1v) is 4.79. The van der Waals surface area contributed by atoms with E-state index in [9.17, 15) is 23.1 Å². The van der Waals surface area contributed by atoms with Gasteiger partial charge in [-0.15, -0.1) is 0 Å². The van der Waals surface area contributed by atoms with Crippen molar-refractivity contribution in [2.75, 3.05) is 6.61 Å². The van der Waals surface area contributed by atoms with Gasteiger partial charge in [0.15, 0.2) is 18.2 Å². The van der Waals surface area contributed by atoms with Gasteiger partial charge in [-0.3, -0.25) is 0 Å². The quantitative estimate of drug-likeness (QED) is 0.843. The fraction of sp³-hybridized carbons (Fsp3) is 0.222. The highest BCUT2D eigenvalue weighted by molar-refractivity contribution is 9.10. The zero-order valence-corrected chi connectivity index (χ0v) is 9.26. The average Bonchev–Trinajstić information content (AvgIpc) is 2.16. The molecule has 0 radical (unpaired) electrons. The molecule has 3 nitrogen and oxygen atoms in total. The van der Waals surface area contributed by atoms with Crippen molar-refractivity contribution in [1.82, 2.24) is 0 Å². The number of halogens is 4. The number of aliphatic carboxylic acids is 1. The lowest BCUT2D eigenvalue weighted by Crippen LogP contribution is -2.45. The molecule has 0 spiro atoms. The number of carboxylic acids is 1. The molecule has 0 N–H and O–H groups in total. The molecule has 1 aromatic carbocycles. The average molecular weight is 298 g/mol. The Bertz CT molecular complexity index is 409. The molecule has 88 valence electrons. The van der Waals surface area contributed by atoms with Crippen LogP contribution >= 0.6 is 15.9 Å². The Hall–Kier alpha value is -1.24. The van der Waals surface area contributed by atoms with Crippen LogP contribution in [0, 0.1) is 5.82 Å². The lowest BCUT2D eigenvalue weighted by molar-refractivity contribution is -0.331. The smallest absolute Gasteiger partial charge is 0.320 e. The van der Waals surface area contributed by atoms with Gasteiger partial charge >= 0.3 is 5.92 Å². The number of hydrogen-bond donors (Lipinski definition) is 0. The zero-order chi connectivity index (χ0) is 12.3. The summed E-state index contributed by atoms with van der Waals surface area (Å²) < 4.78 is 42.9. The Morgan fingerprint density at radius 2 is 2.12 bits per heavy atom. The van der Waals surface area contributed by atoms with Gasteiger partial charge in [0.05, 0.1) is 0 Å². The lowest BCUT2D eigenvalue weighted by atomic mass is 10.3. The van der Waals surface area contributed by atoms with Gasteiger partial charge < -0.3 is 14.6 Å². The molecule has 0 unspecified atom stereocenters. The normalized spacial score (nSPS) is 11.2. The summed E-state index contributed by atoms with van der Waals surface area (Å²) >= 11 is 2.96. The SMILES string of the molecule is O=C([O-])C(F)(F)COc1ccc(Br)cc1F. The van der Waals surface area contributed by atoms with Crippen LogP contribution in [-0.2, 0) is 4.79 Å². The van der Waals surface area contributed by atoms with Gasteiger partial charge in [-0.2, -0.15) is 8.78 Å². The van der Waals surface area contributed by atoms with Gasteiger partial charge in [-0.05, 0) is 18.2 Å². The molecule has 0 heterocycles. The van der Waals surface area contributed by atoms with Crippen LogP contribution in [0.25, 0.3) is 0 Å². The number of rotatable bonds is 4. The molecule has 0 aromatic heterocycles. The molecule has 0 fully saturated rings. The molecular weight excluding hydrogens is 293 g/mol. The van der Waals surface area contributed by atoms with E-state index in [0.29, 0.717) is 4.47 Å². The maximum atomic E-state index is 13.1. The van der Waals surface area contributed by atoms with Gasteiger partial charge in [0.2, 0.25) is 0 Å². The second-order valence-corrected chi connectivity index (χ2v) is 3.77. The highest BCUT2D eigenvalue weighted by Crippen LogP contribution is 2.23. The van der Waals surface area contributed by atoms with E-state index in [0.717, 1.165) is 12.1 Å². The van der Waals surface area contributed by atoms with Crippen LogP contribution in [0.1, 0.15) is 0 Å². The predicted octanol–water partition coefficient (Wildman–Crippen LogP) is 1.35. The summed E-state index contributed by atoms with van der Waals surface area (Å²) in [7, 11) is 0. The zero-order valence-electron chi connectivity index (χ0n) is 7.68. The van der Waals surface area contributed by atoms with Crippen LogP contribution in [0.5, 0.6) is 5.75 Å². The molecule has 1 rings (SSSR count). The van der Waals surface area contributed by atoms with E-state index in [1.807, 2.05) is 0 Å². The Balaban J connectivity index is 2.72. The Kier molecular flexibility index (Phi) is 3.79. The number of benzene rings is 1. The van der Waals surface area contributed by atoms with Crippen LogP contribution in [0.2, 0.25) is 0 Å². The third-order valence-corrected chi connectivity index (χ3v) is 2.09. The summed E-state index contributed by atoms with van der Waals surface area (Å²) in [6.45, 7) is -1.48. The number of carboxylic acid groups (broad SMARTS) is 1. The molecule has 16 heavy (non-hydrogen) atoms. The van der Waals surface area contributed by atoms with Gasteiger partial charge in [0.25, 0.3) is 0 Å². The second-order valence-electron chi connectivity index (χ2n) is 2.86. The van der Waals surface area contributed by atoms with E-state index in [4.69, 9.17) is 0 Å². The third kappa shape index (κ3) is 3.13. The fourth-order valence-electron chi connectivity index (χ4n) is 0.820. The van der Waals surface area contributed by atoms with Gasteiger partial charge in [0, 0.05) is 4.47 Å². The van der Waals surface area contributed by atoms with Crippen molar-refractivity contribution in [2.24, 2.45) is 0 Å². The molecule has 0 amide bonds. The molecule has 0 atom stereocenters. The third-order valence-electron chi connectivity index (χ3n) is 1.60. The topological polar surface area (TPSA) is 49.4 Å². The number of hydrogen-bond acceptors (Lipinski definition) is 3. The van der Waals surface area contributed by atoms with E-state index < -0.39 is 30.1 Å². The van der Waals surface area contributed by atoms with E-state index in [1.165, 1.54) is 6.07 Å². The highest BCUT2D eigenvalue weighted by Gasteiger charge is 2.32. The summed E-state index contributed by atoms with van der Waals surface area (Å²) in [5, 5.41) is 9.94. The molecule has 0 aliphatic rings. The Morgan fingerprint density at radius 3 is 2.62 bits per heavy atom. The first-order valence-electron chi connectivity index (χ1n) is 4.00. The van der Waals surface area contributed by atoms with Crippen LogP contribution in [0.3, 0.4) is 0 Å². The highest BCUT2D eigenvalue weighted by atomic mass is 79.9. The number of carbonyl (C=O) groups is 1. The number of ether oxygens (including phenoxy) is 1. The van der Waals surface area contributed by atoms with E-state index in [-0.39, 0.29) is 0 Å². The standard InChI is InChI=1S/C9H6BrF3O3/c10-5-1-2-7(6(11)3-5)16-4-9(12,13)8(14)15/h1-3H,4H2,(H,14,15)/p-1. The fourth-order valence-corrected chi connectivity index (χ4v) is 1.15. The Morgan fingerprint density at radius 1 is 1.50 bits per heavy atom. The number of carbonyl (C=O) groups excluding carboxylic acids is 1. The predicted molar refractivity (Wildman–Crippen MR) is 49.5 cm³/mol. The van der Waals surface area contributed by atoms with Crippen molar-refractivity contribution < 1.29 is 27.8 Å². The monoisotopic (exact) mass is 297 g/mol.